The molecule has 1 aromatic rings. The first-order chi connectivity index (χ1) is 11.7. The van der Waals surface area contributed by atoms with Crippen molar-refractivity contribution in [3.8, 4) is 0 Å². The van der Waals surface area contributed by atoms with Gasteiger partial charge in [-0.2, -0.15) is 0 Å². The molecule has 0 saturated carbocycles. The minimum Gasteiger partial charge on any atom is -0.356 e. The van der Waals surface area contributed by atoms with Crippen LogP contribution < -0.4 is 5.32 Å². The SMILES string of the molecule is CN=C(NCCCCCN1CCCCC1)N(C)Cc1csc(C)n1. The number of nitrogens with zero attached hydrogens (tertiary/aromatic N) is 4. The van der Waals surface area contributed by atoms with Crippen LogP contribution in [0.25, 0.3) is 0 Å². The molecule has 6 heteroatoms. The first-order valence-corrected chi connectivity index (χ1v) is 10.1. The molecule has 2 rings (SSSR count). The van der Waals surface area contributed by atoms with Crippen LogP contribution in [0.3, 0.4) is 0 Å². The Balaban J connectivity index is 1.57. The Labute approximate surface area is 151 Å². The minimum atomic E-state index is 0.805. The second kappa shape index (κ2) is 10.7. The van der Waals surface area contributed by atoms with Gasteiger partial charge in [-0.05, 0) is 52.2 Å². The maximum Gasteiger partial charge on any atom is 0.193 e. The highest BCUT2D eigenvalue weighted by atomic mass is 32.1. The van der Waals surface area contributed by atoms with Crippen LogP contribution in [-0.4, -0.2) is 61.0 Å². The van der Waals surface area contributed by atoms with Gasteiger partial charge < -0.3 is 15.1 Å². The van der Waals surface area contributed by atoms with Gasteiger partial charge in [0.15, 0.2) is 5.96 Å². The molecule has 0 atom stereocenters. The second-order valence-corrected chi connectivity index (χ2v) is 7.71. The Hall–Kier alpha value is -1.14. The average Bonchev–Trinajstić information content (AvgIpc) is 3.00. The largest absolute Gasteiger partial charge is 0.356 e. The number of unbranched alkanes of at least 4 members (excludes halogenated alkanes) is 2. The molecule has 0 amide bonds. The third-order valence-electron chi connectivity index (χ3n) is 4.52. The number of nitrogens with one attached hydrogen (secondary N) is 1. The number of aromatic nitrogens is 1. The van der Waals surface area contributed by atoms with Crippen LogP contribution in [0.15, 0.2) is 10.4 Å². The monoisotopic (exact) mass is 351 g/mol. The maximum absolute atomic E-state index is 4.52. The Morgan fingerprint density at radius 3 is 2.75 bits per heavy atom. The van der Waals surface area contributed by atoms with Crippen LogP contribution in [0.4, 0.5) is 0 Å². The van der Waals surface area contributed by atoms with Crippen molar-refractivity contribution in [3.63, 3.8) is 0 Å². The molecule has 0 unspecified atom stereocenters. The fourth-order valence-corrected chi connectivity index (χ4v) is 3.81. The van der Waals surface area contributed by atoms with E-state index in [0.717, 1.165) is 29.8 Å². The summed E-state index contributed by atoms with van der Waals surface area (Å²) < 4.78 is 0. The van der Waals surface area contributed by atoms with E-state index in [9.17, 15) is 0 Å². The van der Waals surface area contributed by atoms with E-state index in [2.05, 4.69) is 37.5 Å². The standard InChI is InChI=1S/C18H33N5S/c1-16-21-17(15-24-16)14-22(3)18(19-2)20-10-6-4-7-11-23-12-8-5-9-13-23/h15H,4-14H2,1-3H3,(H,19,20). The lowest BCUT2D eigenvalue weighted by molar-refractivity contribution is 0.224. The summed E-state index contributed by atoms with van der Waals surface area (Å²) in [7, 11) is 3.92. The number of thiazole rings is 1. The third kappa shape index (κ3) is 6.77. The van der Waals surface area contributed by atoms with Gasteiger partial charge in [0.05, 0.1) is 17.2 Å². The van der Waals surface area contributed by atoms with Crippen molar-refractivity contribution >= 4 is 17.3 Å². The van der Waals surface area contributed by atoms with E-state index in [-0.39, 0.29) is 0 Å². The van der Waals surface area contributed by atoms with Gasteiger partial charge in [0, 0.05) is 26.0 Å². The molecular weight excluding hydrogens is 318 g/mol. The zero-order valence-corrected chi connectivity index (χ0v) is 16.4. The van der Waals surface area contributed by atoms with Gasteiger partial charge in [-0.15, -0.1) is 11.3 Å². The number of rotatable bonds is 8. The van der Waals surface area contributed by atoms with Crippen molar-refractivity contribution in [1.29, 1.82) is 0 Å². The van der Waals surface area contributed by atoms with Crippen molar-refractivity contribution in [2.75, 3.05) is 40.3 Å². The second-order valence-electron chi connectivity index (χ2n) is 6.65. The van der Waals surface area contributed by atoms with E-state index >= 15 is 0 Å². The lowest BCUT2D eigenvalue weighted by Crippen LogP contribution is -2.39. The number of hydrogen-bond donors (Lipinski definition) is 1. The molecule has 1 N–H and O–H groups in total. The number of guanidine groups is 1. The normalized spacial score (nSPS) is 16.4. The van der Waals surface area contributed by atoms with E-state index in [1.54, 1.807) is 11.3 Å². The molecule has 2 heterocycles. The molecule has 0 aliphatic carbocycles. The Kier molecular flexibility index (Phi) is 8.53. The first-order valence-electron chi connectivity index (χ1n) is 9.24. The lowest BCUT2D eigenvalue weighted by atomic mass is 10.1. The van der Waals surface area contributed by atoms with E-state index in [1.165, 1.54) is 58.2 Å². The summed E-state index contributed by atoms with van der Waals surface area (Å²) in [6.07, 6.45) is 8.01. The van der Waals surface area contributed by atoms with Gasteiger partial charge >= 0.3 is 0 Å². The van der Waals surface area contributed by atoms with Crippen molar-refractivity contribution in [2.45, 2.75) is 52.0 Å². The van der Waals surface area contributed by atoms with Crippen LogP contribution in [-0.2, 0) is 6.54 Å². The van der Waals surface area contributed by atoms with E-state index in [4.69, 9.17) is 0 Å². The van der Waals surface area contributed by atoms with Gasteiger partial charge in [-0.25, -0.2) is 4.98 Å². The molecule has 0 radical (unpaired) electrons. The van der Waals surface area contributed by atoms with Crippen LogP contribution in [0.1, 0.15) is 49.2 Å². The number of hydrogen-bond acceptors (Lipinski definition) is 4. The zero-order valence-electron chi connectivity index (χ0n) is 15.6. The molecule has 0 spiro atoms. The Morgan fingerprint density at radius 1 is 1.29 bits per heavy atom. The van der Waals surface area contributed by atoms with Crippen molar-refractivity contribution in [1.82, 2.24) is 20.1 Å². The smallest absolute Gasteiger partial charge is 0.193 e. The summed E-state index contributed by atoms with van der Waals surface area (Å²) in [6.45, 7) is 7.74. The summed E-state index contributed by atoms with van der Waals surface area (Å²) in [4.78, 5) is 13.7. The van der Waals surface area contributed by atoms with Crippen LogP contribution >= 0.6 is 11.3 Å². The van der Waals surface area contributed by atoms with Gasteiger partial charge in [-0.1, -0.05) is 12.8 Å². The molecule has 0 bridgehead atoms. The molecule has 1 aliphatic rings. The molecule has 0 aromatic carbocycles. The average molecular weight is 352 g/mol. The number of likely N-dealkylation sites (tertiary alicyclic amines) is 1. The Morgan fingerprint density at radius 2 is 2.08 bits per heavy atom. The Bertz CT molecular complexity index is 493. The molecular formula is C18H33N5S. The predicted octanol–water partition coefficient (Wildman–Crippen LogP) is 3.11. The van der Waals surface area contributed by atoms with E-state index in [0.29, 0.717) is 0 Å². The highest BCUT2D eigenvalue weighted by molar-refractivity contribution is 7.09. The van der Waals surface area contributed by atoms with E-state index < -0.39 is 0 Å². The van der Waals surface area contributed by atoms with Crippen LogP contribution in [0, 0.1) is 6.92 Å². The molecule has 1 saturated heterocycles. The fraction of sp³-hybridized carbons (Fsp3) is 0.778. The number of aryl methyl sites for hydroxylation is 1. The first kappa shape index (κ1) is 19.2. The predicted molar refractivity (Wildman–Crippen MR) is 104 cm³/mol. The molecule has 24 heavy (non-hydrogen) atoms. The topological polar surface area (TPSA) is 43.8 Å². The van der Waals surface area contributed by atoms with Crippen LogP contribution in [0.2, 0.25) is 0 Å². The maximum atomic E-state index is 4.52. The van der Waals surface area contributed by atoms with Gasteiger partial charge in [-0.3, -0.25) is 4.99 Å². The van der Waals surface area contributed by atoms with Gasteiger partial charge in [0.2, 0.25) is 0 Å². The van der Waals surface area contributed by atoms with Gasteiger partial charge in [0.25, 0.3) is 0 Å². The summed E-state index contributed by atoms with van der Waals surface area (Å²) in [5.41, 5.74) is 1.12. The van der Waals surface area contributed by atoms with E-state index in [1.807, 2.05) is 14.0 Å². The fourth-order valence-electron chi connectivity index (χ4n) is 3.20. The van der Waals surface area contributed by atoms with Crippen molar-refractivity contribution in [3.05, 3.63) is 16.1 Å². The molecule has 5 nitrogen and oxygen atoms in total. The lowest BCUT2D eigenvalue weighted by Gasteiger charge is -2.26. The quantitative estimate of drug-likeness (QED) is 0.444. The molecule has 1 aromatic heterocycles. The number of piperidine rings is 1. The van der Waals surface area contributed by atoms with Gasteiger partial charge in [0.1, 0.15) is 0 Å². The van der Waals surface area contributed by atoms with Crippen molar-refractivity contribution < 1.29 is 0 Å². The molecule has 1 aliphatic heterocycles. The zero-order chi connectivity index (χ0) is 17.2. The minimum absolute atomic E-state index is 0.805. The summed E-state index contributed by atoms with van der Waals surface area (Å²) in [6, 6.07) is 0. The summed E-state index contributed by atoms with van der Waals surface area (Å²) >= 11 is 1.70. The molecule has 1 fully saturated rings. The van der Waals surface area contributed by atoms with Crippen LogP contribution in [0.5, 0.6) is 0 Å². The third-order valence-corrected chi connectivity index (χ3v) is 5.34. The summed E-state index contributed by atoms with van der Waals surface area (Å²) in [5, 5.41) is 6.72. The van der Waals surface area contributed by atoms with Crippen molar-refractivity contribution in [2.24, 2.45) is 4.99 Å². The highest BCUT2D eigenvalue weighted by Crippen LogP contribution is 2.11. The molecule has 136 valence electrons. The number of aliphatic imine (C=N–C) groups is 1. The highest BCUT2D eigenvalue weighted by Gasteiger charge is 2.10. The summed E-state index contributed by atoms with van der Waals surface area (Å²) in [5.74, 6) is 0.955.